The van der Waals surface area contributed by atoms with E-state index in [1.54, 1.807) is 6.20 Å². The highest BCUT2D eigenvalue weighted by Crippen LogP contribution is 2.21. The summed E-state index contributed by atoms with van der Waals surface area (Å²) in [5.74, 6) is 0.140. The third-order valence-electron chi connectivity index (χ3n) is 2.06. The van der Waals surface area contributed by atoms with Crippen LogP contribution in [0, 0.1) is 24.1 Å². The van der Waals surface area contributed by atoms with Gasteiger partial charge in [0.1, 0.15) is 11.6 Å². The van der Waals surface area contributed by atoms with Crippen LogP contribution in [0.5, 0.6) is 0 Å². The second-order valence-electron chi connectivity index (χ2n) is 3.22. The van der Waals surface area contributed by atoms with Crippen molar-refractivity contribution in [1.82, 2.24) is 9.97 Å². The molecule has 2 rings (SSSR count). The number of aryl methyl sites for hydroxylation is 1. The Hall–Kier alpha value is -2.15. The first-order valence-electron chi connectivity index (χ1n) is 4.42. The number of nitrogens with zero attached hydrogens (tertiary/aromatic N) is 2. The second kappa shape index (κ2) is 3.54. The lowest BCUT2D eigenvalue weighted by Gasteiger charge is -1.99. The van der Waals surface area contributed by atoms with Crippen molar-refractivity contribution >= 4 is 0 Å². The Labute approximate surface area is 86.2 Å². The molecule has 0 unspecified atom stereocenters. The number of H-pyrrole nitrogens is 1. The van der Waals surface area contributed by atoms with E-state index in [9.17, 15) is 4.39 Å². The Balaban J connectivity index is 2.61. The van der Waals surface area contributed by atoms with Gasteiger partial charge in [-0.05, 0) is 25.1 Å². The standard InChI is InChI=1S/C11H8FN3/c1-7-6-14-11(15-7)10-4-9(12)3-2-8(10)5-13/h2-4,6H,1H3,(H,14,15). The number of halogens is 1. The minimum absolute atomic E-state index is 0.377. The molecule has 0 amide bonds. The Morgan fingerprint density at radius 3 is 2.87 bits per heavy atom. The van der Waals surface area contributed by atoms with Crippen molar-refractivity contribution in [2.24, 2.45) is 0 Å². The van der Waals surface area contributed by atoms with E-state index in [0.29, 0.717) is 17.0 Å². The fourth-order valence-corrected chi connectivity index (χ4v) is 1.36. The first kappa shape index (κ1) is 9.41. The van der Waals surface area contributed by atoms with Crippen LogP contribution in [0.15, 0.2) is 24.4 Å². The fourth-order valence-electron chi connectivity index (χ4n) is 1.36. The summed E-state index contributed by atoms with van der Waals surface area (Å²) in [6.45, 7) is 1.85. The Morgan fingerprint density at radius 1 is 1.47 bits per heavy atom. The SMILES string of the molecule is Cc1cnc(-c2cc(F)ccc2C#N)[nH]1. The van der Waals surface area contributed by atoms with E-state index in [1.165, 1.54) is 18.2 Å². The Morgan fingerprint density at radius 2 is 2.27 bits per heavy atom. The molecule has 0 fully saturated rings. The molecule has 1 heterocycles. The van der Waals surface area contributed by atoms with Crippen LogP contribution >= 0.6 is 0 Å². The van der Waals surface area contributed by atoms with Crippen LogP contribution in [0.2, 0.25) is 0 Å². The number of imidazole rings is 1. The summed E-state index contributed by atoms with van der Waals surface area (Å²) in [5, 5.41) is 8.86. The van der Waals surface area contributed by atoms with Crippen molar-refractivity contribution in [1.29, 1.82) is 5.26 Å². The number of hydrogen-bond donors (Lipinski definition) is 1. The normalized spacial score (nSPS) is 9.93. The lowest BCUT2D eigenvalue weighted by atomic mass is 10.1. The van der Waals surface area contributed by atoms with Crippen LogP contribution < -0.4 is 0 Å². The molecule has 0 atom stereocenters. The summed E-state index contributed by atoms with van der Waals surface area (Å²) in [5.41, 5.74) is 1.77. The van der Waals surface area contributed by atoms with E-state index < -0.39 is 0 Å². The third kappa shape index (κ3) is 1.72. The van der Waals surface area contributed by atoms with Crippen molar-refractivity contribution in [3.05, 3.63) is 41.5 Å². The van der Waals surface area contributed by atoms with Crippen molar-refractivity contribution < 1.29 is 4.39 Å². The van der Waals surface area contributed by atoms with Gasteiger partial charge in [-0.15, -0.1) is 0 Å². The van der Waals surface area contributed by atoms with Gasteiger partial charge in [-0.25, -0.2) is 9.37 Å². The predicted molar refractivity (Wildman–Crippen MR) is 53.4 cm³/mol. The second-order valence-corrected chi connectivity index (χ2v) is 3.22. The number of aromatic nitrogens is 2. The molecule has 4 heteroatoms. The van der Waals surface area contributed by atoms with Crippen LogP contribution in [-0.4, -0.2) is 9.97 Å². The van der Waals surface area contributed by atoms with Gasteiger partial charge in [0.2, 0.25) is 0 Å². The van der Waals surface area contributed by atoms with E-state index in [2.05, 4.69) is 9.97 Å². The van der Waals surface area contributed by atoms with Crippen molar-refractivity contribution in [3.63, 3.8) is 0 Å². The van der Waals surface area contributed by atoms with E-state index >= 15 is 0 Å². The smallest absolute Gasteiger partial charge is 0.138 e. The minimum atomic E-state index is -0.377. The molecule has 0 spiro atoms. The minimum Gasteiger partial charge on any atom is -0.342 e. The number of benzene rings is 1. The number of hydrogen-bond acceptors (Lipinski definition) is 2. The molecule has 0 aliphatic rings. The van der Waals surface area contributed by atoms with Gasteiger partial charge in [0.05, 0.1) is 11.6 Å². The molecule has 0 radical (unpaired) electrons. The molecule has 0 saturated carbocycles. The van der Waals surface area contributed by atoms with E-state index in [0.717, 1.165) is 5.69 Å². The zero-order valence-electron chi connectivity index (χ0n) is 8.08. The topological polar surface area (TPSA) is 52.5 Å². The van der Waals surface area contributed by atoms with Gasteiger partial charge >= 0.3 is 0 Å². The average Bonchev–Trinajstić information content (AvgIpc) is 2.65. The van der Waals surface area contributed by atoms with Crippen LogP contribution in [0.25, 0.3) is 11.4 Å². The molecule has 3 nitrogen and oxygen atoms in total. The molecule has 0 saturated heterocycles. The first-order chi connectivity index (χ1) is 7.20. The number of nitriles is 1. The van der Waals surface area contributed by atoms with Crippen LogP contribution in [0.1, 0.15) is 11.3 Å². The summed E-state index contributed by atoms with van der Waals surface area (Å²) < 4.78 is 13.0. The summed E-state index contributed by atoms with van der Waals surface area (Å²) in [6, 6.07) is 6.01. The predicted octanol–water partition coefficient (Wildman–Crippen LogP) is 2.40. The largest absolute Gasteiger partial charge is 0.342 e. The van der Waals surface area contributed by atoms with Gasteiger partial charge in [0.25, 0.3) is 0 Å². The number of nitrogens with one attached hydrogen (secondary N) is 1. The van der Waals surface area contributed by atoms with Gasteiger partial charge in [0, 0.05) is 17.5 Å². The van der Waals surface area contributed by atoms with E-state index in [-0.39, 0.29) is 5.82 Å². The molecule has 0 bridgehead atoms. The average molecular weight is 201 g/mol. The maximum Gasteiger partial charge on any atom is 0.138 e. The van der Waals surface area contributed by atoms with Gasteiger partial charge in [-0.2, -0.15) is 5.26 Å². The molecule has 1 N–H and O–H groups in total. The lowest BCUT2D eigenvalue weighted by molar-refractivity contribution is 0.628. The maximum atomic E-state index is 13.0. The number of rotatable bonds is 1. The Bertz CT molecular complexity index is 537. The van der Waals surface area contributed by atoms with Crippen molar-refractivity contribution in [3.8, 4) is 17.5 Å². The fraction of sp³-hybridized carbons (Fsp3) is 0.0909. The lowest BCUT2D eigenvalue weighted by Crippen LogP contribution is -1.88. The highest BCUT2D eigenvalue weighted by atomic mass is 19.1. The summed E-state index contributed by atoms with van der Waals surface area (Å²) >= 11 is 0. The summed E-state index contributed by atoms with van der Waals surface area (Å²) in [6.07, 6.45) is 1.64. The summed E-state index contributed by atoms with van der Waals surface area (Å²) in [4.78, 5) is 7.03. The van der Waals surface area contributed by atoms with E-state index in [4.69, 9.17) is 5.26 Å². The van der Waals surface area contributed by atoms with Gasteiger partial charge in [-0.1, -0.05) is 0 Å². The van der Waals surface area contributed by atoms with Gasteiger partial charge in [0.15, 0.2) is 0 Å². The van der Waals surface area contributed by atoms with Crippen LogP contribution in [0.4, 0.5) is 4.39 Å². The molecule has 2 aromatic rings. The zero-order valence-corrected chi connectivity index (χ0v) is 8.08. The molecule has 0 aliphatic heterocycles. The maximum absolute atomic E-state index is 13.0. The van der Waals surface area contributed by atoms with Crippen molar-refractivity contribution in [2.75, 3.05) is 0 Å². The monoisotopic (exact) mass is 201 g/mol. The Kier molecular flexibility index (Phi) is 2.22. The number of aromatic amines is 1. The highest BCUT2D eigenvalue weighted by molar-refractivity contribution is 5.64. The van der Waals surface area contributed by atoms with Crippen molar-refractivity contribution in [2.45, 2.75) is 6.92 Å². The van der Waals surface area contributed by atoms with Gasteiger partial charge < -0.3 is 4.98 Å². The quantitative estimate of drug-likeness (QED) is 0.770. The third-order valence-corrected chi connectivity index (χ3v) is 2.06. The van der Waals surface area contributed by atoms with Crippen LogP contribution in [-0.2, 0) is 0 Å². The molecule has 1 aromatic carbocycles. The first-order valence-corrected chi connectivity index (χ1v) is 4.42. The van der Waals surface area contributed by atoms with Gasteiger partial charge in [-0.3, -0.25) is 0 Å². The van der Waals surface area contributed by atoms with E-state index in [1.807, 2.05) is 13.0 Å². The highest BCUT2D eigenvalue weighted by Gasteiger charge is 2.08. The molecule has 0 aliphatic carbocycles. The molecular formula is C11H8FN3. The summed E-state index contributed by atoms with van der Waals surface area (Å²) in [7, 11) is 0. The molecular weight excluding hydrogens is 193 g/mol. The molecule has 15 heavy (non-hydrogen) atoms. The van der Waals surface area contributed by atoms with Crippen LogP contribution in [0.3, 0.4) is 0 Å². The molecule has 1 aromatic heterocycles. The molecule has 74 valence electrons. The zero-order chi connectivity index (χ0) is 10.8.